The summed E-state index contributed by atoms with van der Waals surface area (Å²) in [7, 11) is 0. The standard InChI is InChI=1S/C39H27NOS/c1-39(2)31-16-8-6-14-29(31)36-32(39)21-20-28-27-15-10-17-33(37(27)42-38(28)36)40(24-11-4-3-5-12-24)25-19-22-35-30(23-25)26-13-7-9-18-34(26)41-35/h3-23H,1-2H3. The molecule has 0 amide bonds. The van der Waals surface area contributed by atoms with Gasteiger partial charge in [0.2, 0.25) is 0 Å². The summed E-state index contributed by atoms with van der Waals surface area (Å²) in [5, 5.41) is 4.89. The van der Waals surface area contributed by atoms with Gasteiger partial charge < -0.3 is 9.32 Å². The van der Waals surface area contributed by atoms with Crippen molar-refractivity contribution in [1.82, 2.24) is 0 Å². The van der Waals surface area contributed by atoms with Crippen LogP contribution in [-0.4, -0.2) is 0 Å². The van der Waals surface area contributed by atoms with Crippen LogP contribution in [0.1, 0.15) is 25.0 Å². The lowest BCUT2D eigenvalue weighted by atomic mass is 9.82. The summed E-state index contributed by atoms with van der Waals surface area (Å²) in [6.07, 6.45) is 0. The van der Waals surface area contributed by atoms with Crippen molar-refractivity contribution >= 4 is 70.5 Å². The van der Waals surface area contributed by atoms with Crippen LogP contribution in [0.3, 0.4) is 0 Å². The van der Waals surface area contributed by atoms with E-state index in [4.69, 9.17) is 4.42 Å². The Kier molecular flexibility index (Phi) is 4.86. The first-order chi connectivity index (χ1) is 20.6. The molecule has 1 aliphatic rings. The van der Waals surface area contributed by atoms with E-state index in [2.05, 4.69) is 134 Å². The van der Waals surface area contributed by atoms with Crippen LogP contribution >= 0.6 is 11.3 Å². The highest BCUT2D eigenvalue weighted by Crippen LogP contribution is 2.55. The van der Waals surface area contributed by atoms with Crippen molar-refractivity contribution in [1.29, 1.82) is 0 Å². The molecule has 0 atom stereocenters. The van der Waals surface area contributed by atoms with Crippen molar-refractivity contribution in [3.05, 3.63) is 139 Å². The normalized spacial score (nSPS) is 13.7. The van der Waals surface area contributed by atoms with Crippen LogP contribution in [0.15, 0.2) is 132 Å². The summed E-state index contributed by atoms with van der Waals surface area (Å²) in [6.45, 7) is 4.71. The van der Waals surface area contributed by atoms with Gasteiger partial charge in [-0.3, -0.25) is 0 Å². The van der Waals surface area contributed by atoms with E-state index in [1.54, 1.807) is 0 Å². The molecule has 0 bridgehead atoms. The second kappa shape index (κ2) is 8.58. The number of furan rings is 1. The number of fused-ring (bicyclic) bond motifs is 10. The first-order valence-electron chi connectivity index (χ1n) is 14.4. The number of rotatable bonds is 3. The second-order valence-electron chi connectivity index (χ2n) is 11.7. The molecule has 2 nitrogen and oxygen atoms in total. The molecule has 1 aliphatic carbocycles. The monoisotopic (exact) mass is 557 g/mol. The van der Waals surface area contributed by atoms with Crippen molar-refractivity contribution in [2.75, 3.05) is 4.90 Å². The lowest BCUT2D eigenvalue weighted by Crippen LogP contribution is -2.14. The highest BCUT2D eigenvalue weighted by molar-refractivity contribution is 7.27. The van der Waals surface area contributed by atoms with Gasteiger partial charge in [0.25, 0.3) is 0 Å². The molecule has 0 spiro atoms. The Bertz CT molecular complexity index is 2340. The summed E-state index contributed by atoms with van der Waals surface area (Å²) in [5.41, 5.74) is 10.8. The maximum absolute atomic E-state index is 6.18. The molecule has 2 heterocycles. The largest absolute Gasteiger partial charge is 0.456 e. The van der Waals surface area contributed by atoms with Crippen molar-refractivity contribution in [3.8, 4) is 11.1 Å². The molecule has 200 valence electrons. The quantitative estimate of drug-likeness (QED) is 0.215. The highest BCUT2D eigenvalue weighted by Gasteiger charge is 2.37. The summed E-state index contributed by atoms with van der Waals surface area (Å²) < 4.78 is 8.85. The molecule has 0 fully saturated rings. The first-order valence-corrected chi connectivity index (χ1v) is 15.3. The van der Waals surface area contributed by atoms with Crippen LogP contribution in [0.25, 0.3) is 53.2 Å². The average molecular weight is 558 g/mol. The summed E-state index contributed by atoms with van der Waals surface area (Å²) >= 11 is 1.92. The van der Waals surface area contributed by atoms with Crippen LogP contribution in [0.5, 0.6) is 0 Å². The van der Waals surface area contributed by atoms with E-state index < -0.39 is 0 Å². The smallest absolute Gasteiger partial charge is 0.135 e. The van der Waals surface area contributed by atoms with E-state index in [1.807, 2.05) is 23.5 Å². The number of nitrogens with zero attached hydrogens (tertiary/aromatic N) is 1. The average Bonchev–Trinajstić information content (AvgIpc) is 3.66. The minimum absolute atomic E-state index is 0.0159. The third-order valence-corrected chi connectivity index (χ3v) is 10.3. The Morgan fingerprint density at radius 2 is 1.29 bits per heavy atom. The molecule has 3 heteroatoms. The molecule has 0 saturated heterocycles. The zero-order valence-corrected chi connectivity index (χ0v) is 24.2. The molecule has 42 heavy (non-hydrogen) atoms. The van der Waals surface area contributed by atoms with Crippen LogP contribution in [-0.2, 0) is 5.41 Å². The molecule has 0 unspecified atom stereocenters. The first kappa shape index (κ1) is 23.8. The third-order valence-electron chi connectivity index (χ3n) is 9.06. The van der Waals surface area contributed by atoms with Crippen LogP contribution in [0, 0.1) is 0 Å². The molecule has 0 saturated carbocycles. The lowest BCUT2D eigenvalue weighted by molar-refractivity contribution is 0.661. The molecule has 0 aliphatic heterocycles. The van der Waals surface area contributed by atoms with Crippen LogP contribution in [0.4, 0.5) is 17.1 Å². The van der Waals surface area contributed by atoms with E-state index in [9.17, 15) is 0 Å². The molecular formula is C39H27NOS. The number of hydrogen-bond donors (Lipinski definition) is 0. The Morgan fingerprint density at radius 3 is 2.19 bits per heavy atom. The predicted octanol–water partition coefficient (Wildman–Crippen LogP) is 11.7. The van der Waals surface area contributed by atoms with Gasteiger partial charge in [-0.05, 0) is 59.2 Å². The number of anilines is 3. The zero-order chi connectivity index (χ0) is 28.0. The second-order valence-corrected chi connectivity index (χ2v) is 12.8. The Balaban J connectivity index is 1.33. The van der Waals surface area contributed by atoms with Crippen LogP contribution < -0.4 is 4.90 Å². The van der Waals surface area contributed by atoms with Gasteiger partial charge in [-0.25, -0.2) is 0 Å². The Labute approximate surface area is 248 Å². The van der Waals surface area contributed by atoms with Gasteiger partial charge in [-0.15, -0.1) is 11.3 Å². The van der Waals surface area contributed by atoms with Crippen molar-refractivity contribution in [2.45, 2.75) is 19.3 Å². The Hall–Kier alpha value is -4.86. The van der Waals surface area contributed by atoms with Gasteiger partial charge in [0, 0.05) is 48.6 Å². The maximum Gasteiger partial charge on any atom is 0.135 e. The minimum Gasteiger partial charge on any atom is -0.456 e. The molecule has 0 radical (unpaired) electrons. The van der Waals surface area contributed by atoms with Crippen molar-refractivity contribution in [2.24, 2.45) is 0 Å². The topological polar surface area (TPSA) is 16.4 Å². The molecule has 6 aromatic carbocycles. The minimum atomic E-state index is -0.0159. The number of thiophene rings is 1. The molecule has 0 N–H and O–H groups in total. The lowest BCUT2D eigenvalue weighted by Gasteiger charge is -2.26. The summed E-state index contributed by atoms with van der Waals surface area (Å²) in [6, 6.07) is 46.0. The molecule has 9 rings (SSSR count). The van der Waals surface area contributed by atoms with Gasteiger partial charge in [0.05, 0.1) is 10.4 Å². The fourth-order valence-corrected chi connectivity index (χ4v) is 8.43. The van der Waals surface area contributed by atoms with E-state index >= 15 is 0 Å². The fourth-order valence-electron chi connectivity index (χ4n) is 7.06. The molecule has 8 aromatic rings. The van der Waals surface area contributed by atoms with Gasteiger partial charge in [0.15, 0.2) is 0 Å². The number of benzene rings is 6. The SMILES string of the molecule is CC1(C)c2ccccc2-c2c1ccc1c2sc2c(N(c3ccccc3)c3ccc4oc5ccccc5c4c3)cccc21. The van der Waals surface area contributed by atoms with E-state index in [-0.39, 0.29) is 5.41 Å². The Morgan fingerprint density at radius 1 is 0.548 bits per heavy atom. The summed E-state index contributed by atoms with van der Waals surface area (Å²) in [5.74, 6) is 0. The van der Waals surface area contributed by atoms with E-state index in [0.717, 1.165) is 33.3 Å². The highest BCUT2D eigenvalue weighted by atomic mass is 32.1. The van der Waals surface area contributed by atoms with Gasteiger partial charge in [-0.2, -0.15) is 0 Å². The number of para-hydroxylation sites is 2. The maximum atomic E-state index is 6.18. The fraction of sp³-hybridized carbons (Fsp3) is 0.0769. The van der Waals surface area contributed by atoms with Crippen molar-refractivity contribution < 1.29 is 4.42 Å². The third kappa shape index (κ3) is 3.20. The van der Waals surface area contributed by atoms with Gasteiger partial charge in [-0.1, -0.05) is 98.8 Å². The van der Waals surface area contributed by atoms with Crippen LogP contribution in [0.2, 0.25) is 0 Å². The van der Waals surface area contributed by atoms with E-state index in [1.165, 1.54) is 48.1 Å². The zero-order valence-electron chi connectivity index (χ0n) is 23.4. The molecule has 2 aromatic heterocycles. The summed E-state index contributed by atoms with van der Waals surface area (Å²) in [4.78, 5) is 2.40. The van der Waals surface area contributed by atoms with Crippen molar-refractivity contribution in [3.63, 3.8) is 0 Å². The predicted molar refractivity (Wildman–Crippen MR) is 179 cm³/mol. The van der Waals surface area contributed by atoms with Gasteiger partial charge >= 0.3 is 0 Å². The molecular weight excluding hydrogens is 531 g/mol. The number of hydrogen-bond acceptors (Lipinski definition) is 3. The van der Waals surface area contributed by atoms with E-state index in [0.29, 0.717) is 0 Å². The van der Waals surface area contributed by atoms with Gasteiger partial charge in [0.1, 0.15) is 11.2 Å².